The Balaban J connectivity index is 1.82. The molecule has 2 aliphatic heterocycles. The zero-order valence-corrected chi connectivity index (χ0v) is 11.9. The standard InChI is InChI=1S/C16H21N3O/c1-16-6-7-17-8-9-19(16)14-10-12(11-2-3-11)4-5-13(14)15(20)18-16/h4-5,10-11,17H,2-3,6-9H2,1H3,(H,18,20)/t16-/m0/s1. The summed E-state index contributed by atoms with van der Waals surface area (Å²) in [6.07, 6.45) is 3.53. The first-order chi connectivity index (χ1) is 9.67. The van der Waals surface area contributed by atoms with Crippen LogP contribution < -0.4 is 15.5 Å². The number of carbonyl (C=O) groups excluding carboxylic acids is 1. The first-order valence-corrected chi connectivity index (χ1v) is 7.62. The van der Waals surface area contributed by atoms with Gasteiger partial charge >= 0.3 is 0 Å². The quantitative estimate of drug-likeness (QED) is 0.819. The number of benzene rings is 1. The van der Waals surface area contributed by atoms with Gasteiger partial charge in [-0.3, -0.25) is 4.79 Å². The molecule has 1 amide bonds. The Bertz CT molecular complexity index is 567. The average molecular weight is 271 g/mol. The summed E-state index contributed by atoms with van der Waals surface area (Å²) in [5.41, 5.74) is 3.10. The lowest BCUT2D eigenvalue weighted by Crippen LogP contribution is -2.62. The minimum atomic E-state index is -0.254. The number of rotatable bonds is 1. The van der Waals surface area contributed by atoms with Crippen LogP contribution in [0.25, 0.3) is 0 Å². The number of hydrogen-bond donors (Lipinski definition) is 2. The number of nitrogens with zero attached hydrogens (tertiary/aromatic N) is 1. The van der Waals surface area contributed by atoms with Crippen LogP contribution >= 0.6 is 0 Å². The van der Waals surface area contributed by atoms with E-state index in [2.05, 4.69) is 34.6 Å². The van der Waals surface area contributed by atoms with Crippen molar-refractivity contribution in [3.05, 3.63) is 29.3 Å². The predicted molar refractivity (Wildman–Crippen MR) is 79.1 cm³/mol. The molecule has 4 nitrogen and oxygen atoms in total. The number of fused-ring (bicyclic) bond motifs is 3. The topological polar surface area (TPSA) is 44.4 Å². The monoisotopic (exact) mass is 271 g/mol. The SMILES string of the molecule is C[C@@]12CCNCCN1c1cc(C3CC3)ccc1C(=O)N2. The van der Waals surface area contributed by atoms with Crippen molar-refractivity contribution in [3.8, 4) is 0 Å². The Morgan fingerprint density at radius 2 is 2.15 bits per heavy atom. The molecule has 2 N–H and O–H groups in total. The Labute approximate surface area is 119 Å². The summed E-state index contributed by atoms with van der Waals surface area (Å²) in [7, 11) is 0. The van der Waals surface area contributed by atoms with Crippen LogP contribution in [0.4, 0.5) is 5.69 Å². The van der Waals surface area contributed by atoms with E-state index < -0.39 is 0 Å². The molecule has 4 heteroatoms. The highest BCUT2D eigenvalue weighted by Gasteiger charge is 2.41. The van der Waals surface area contributed by atoms with Gasteiger partial charge in [0, 0.05) is 19.5 Å². The molecule has 2 heterocycles. The van der Waals surface area contributed by atoms with Crippen LogP contribution in [-0.4, -0.2) is 31.2 Å². The summed E-state index contributed by atoms with van der Waals surface area (Å²) in [6.45, 7) is 5.01. The minimum absolute atomic E-state index is 0.0722. The fourth-order valence-electron chi connectivity index (χ4n) is 3.49. The van der Waals surface area contributed by atoms with Gasteiger partial charge in [-0.25, -0.2) is 0 Å². The molecule has 0 aromatic heterocycles. The lowest BCUT2D eigenvalue weighted by atomic mass is 9.96. The van der Waals surface area contributed by atoms with Crippen molar-refractivity contribution < 1.29 is 4.79 Å². The van der Waals surface area contributed by atoms with Crippen LogP contribution in [-0.2, 0) is 0 Å². The molecular formula is C16H21N3O. The van der Waals surface area contributed by atoms with Crippen LogP contribution in [0.2, 0.25) is 0 Å². The maximum atomic E-state index is 12.4. The molecule has 1 saturated heterocycles. The molecule has 1 aliphatic carbocycles. The zero-order chi connectivity index (χ0) is 13.7. The number of anilines is 1. The van der Waals surface area contributed by atoms with Crippen molar-refractivity contribution in [1.82, 2.24) is 10.6 Å². The fraction of sp³-hybridized carbons (Fsp3) is 0.562. The number of hydrogen-bond acceptors (Lipinski definition) is 3. The number of amides is 1. The third kappa shape index (κ3) is 1.82. The van der Waals surface area contributed by atoms with Gasteiger partial charge in [0.15, 0.2) is 0 Å². The Hall–Kier alpha value is -1.55. The van der Waals surface area contributed by atoms with Crippen molar-refractivity contribution in [2.45, 2.75) is 37.8 Å². The van der Waals surface area contributed by atoms with E-state index in [1.807, 2.05) is 6.07 Å². The third-order valence-corrected chi connectivity index (χ3v) is 4.89. The minimum Gasteiger partial charge on any atom is -0.347 e. The molecule has 1 aromatic carbocycles. The van der Waals surface area contributed by atoms with Crippen molar-refractivity contribution in [2.24, 2.45) is 0 Å². The second kappa shape index (κ2) is 4.22. The zero-order valence-electron chi connectivity index (χ0n) is 11.9. The predicted octanol–water partition coefficient (Wildman–Crippen LogP) is 1.82. The van der Waals surface area contributed by atoms with Crippen molar-refractivity contribution in [3.63, 3.8) is 0 Å². The largest absolute Gasteiger partial charge is 0.347 e. The van der Waals surface area contributed by atoms with Gasteiger partial charge in [-0.2, -0.15) is 0 Å². The first kappa shape index (κ1) is 12.2. The highest BCUT2D eigenvalue weighted by atomic mass is 16.2. The van der Waals surface area contributed by atoms with Crippen molar-refractivity contribution in [1.29, 1.82) is 0 Å². The highest BCUT2D eigenvalue weighted by Crippen LogP contribution is 2.43. The van der Waals surface area contributed by atoms with E-state index in [0.717, 1.165) is 43.2 Å². The van der Waals surface area contributed by atoms with Gasteiger partial charge in [0.2, 0.25) is 0 Å². The van der Waals surface area contributed by atoms with E-state index in [1.165, 1.54) is 18.4 Å². The molecule has 2 fully saturated rings. The Kier molecular flexibility index (Phi) is 2.58. The van der Waals surface area contributed by atoms with E-state index >= 15 is 0 Å². The molecule has 0 unspecified atom stereocenters. The van der Waals surface area contributed by atoms with Crippen LogP contribution in [0, 0.1) is 0 Å². The van der Waals surface area contributed by atoms with Crippen molar-refractivity contribution in [2.75, 3.05) is 24.5 Å². The van der Waals surface area contributed by atoms with Gasteiger partial charge < -0.3 is 15.5 Å². The maximum Gasteiger partial charge on any atom is 0.255 e. The molecular weight excluding hydrogens is 250 g/mol. The molecule has 106 valence electrons. The van der Waals surface area contributed by atoms with Crippen LogP contribution in [0.3, 0.4) is 0 Å². The van der Waals surface area contributed by atoms with Crippen LogP contribution in [0.15, 0.2) is 18.2 Å². The normalized spacial score (nSPS) is 29.2. The van der Waals surface area contributed by atoms with Gasteiger partial charge in [0.1, 0.15) is 5.66 Å². The summed E-state index contributed by atoms with van der Waals surface area (Å²) >= 11 is 0. The molecule has 0 spiro atoms. The van der Waals surface area contributed by atoms with Gasteiger partial charge in [0.25, 0.3) is 5.91 Å². The van der Waals surface area contributed by atoms with E-state index in [1.54, 1.807) is 0 Å². The van der Waals surface area contributed by atoms with E-state index in [0.29, 0.717) is 0 Å². The number of carbonyl (C=O) groups is 1. The summed E-state index contributed by atoms with van der Waals surface area (Å²) < 4.78 is 0. The van der Waals surface area contributed by atoms with Crippen LogP contribution in [0.5, 0.6) is 0 Å². The van der Waals surface area contributed by atoms with Crippen molar-refractivity contribution >= 4 is 11.6 Å². The average Bonchev–Trinajstić information content (AvgIpc) is 3.24. The van der Waals surface area contributed by atoms with E-state index in [4.69, 9.17) is 0 Å². The Morgan fingerprint density at radius 3 is 2.95 bits per heavy atom. The smallest absolute Gasteiger partial charge is 0.255 e. The van der Waals surface area contributed by atoms with Crippen LogP contribution in [0.1, 0.15) is 48.0 Å². The van der Waals surface area contributed by atoms with Gasteiger partial charge in [-0.15, -0.1) is 0 Å². The van der Waals surface area contributed by atoms with Gasteiger partial charge in [0.05, 0.1) is 11.3 Å². The molecule has 1 aromatic rings. The second-order valence-electron chi connectivity index (χ2n) is 6.43. The summed E-state index contributed by atoms with van der Waals surface area (Å²) in [5.74, 6) is 0.796. The third-order valence-electron chi connectivity index (χ3n) is 4.89. The number of nitrogens with one attached hydrogen (secondary N) is 2. The Morgan fingerprint density at radius 1 is 1.30 bits per heavy atom. The molecule has 4 rings (SSSR count). The fourth-order valence-corrected chi connectivity index (χ4v) is 3.49. The highest BCUT2D eigenvalue weighted by molar-refractivity contribution is 6.02. The molecule has 0 bridgehead atoms. The molecule has 1 atom stereocenters. The first-order valence-electron chi connectivity index (χ1n) is 7.62. The summed E-state index contributed by atoms with van der Waals surface area (Å²) in [4.78, 5) is 14.8. The second-order valence-corrected chi connectivity index (χ2v) is 6.43. The summed E-state index contributed by atoms with van der Waals surface area (Å²) in [5, 5.41) is 6.63. The molecule has 0 radical (unpaired) electrons. The lowest BCUT2D eigenvalue weighted by Gasteiger charge is -2.46. The molecule has 3 aliphatic rings. The van der Waals surface area contributed by atoms with E-state index in [-0.39, 0.29) is 11.6 Å². The maximum absolute atomic E-state index is 12.4. The molecule has 20 heavy (non-hydrogen) atoms. The van der Waals surface area contributed by atoms with Gasteiger partial charge in [-0.05, 0) is 49.9 Å². The molecule has 1 saturated carbocycles. The van der Waals surface area contributed by atoms with Gasteiger partial charge in [-0.1, -0.05) is 6.07 Å². The lowest BCUT2D eigenvalue weighted by molar-refractivity contribution is 0.0887. The van der Waals surface area contributed by atoms with E-state index in [9.17, 15) is 4.79 Å². The summed E-state index contributed by atoms with van der Waals surface area (Å²) in [6, 6.07) is 6.40.